The van der Waals surface area contributed by atoms with Crippen LogP contribution in [0.1, 0.15) is 49.1 Å². The minimum absolute atomic E-state index is 0.456. The predicted octanol–water partition coefficient (Wildman–Crippen LogP) is 3.86. The summed E-state index contributed by atoms with van der Waals surface area (Å²) in [4.78, 5) is 19.8. The zero-order valence-corrected chi connectivity index (χ0v) is 16.2. The lowest BCUT2D eigenvalue weighted by molar-refractivity contribution is 0.197. The number of hydrogen-bond acceptors (Lipinski definition) is 5. The molecule has 0 saturated carbocycles. The van der Waals surface area contributed by atoms with Gasteiger partial charge in [0.1, 0.15) is 5.82 Å². The number of piperidine rings is 1. The van der Waals surface area contributed by atoms with Crippen LogP contribution < -0.4 is 5.32 Å². The molecule has 0 spiro atoms. The molecule has 1 aliphatic rings. The molecule has 0 amide bonds. The van der Waals surface area contributed by atoms with Gasteiger partial charge in [-0.05, 0) is 44.4 Å². The molecule has 2 aromatic heterocycles. The first-order valence-corrected chi connectivity index (χ1v) is 9.95. The van der Waals surface area contributed by atoms with Gasteiger partial charge in [0.25, 0.3) is 0 Å². The number of nitrogens with zero attached hydrogens (tertiary/aromatic N) is 4. The van der Waals surface area contributed by atoms with Crippen LogP contribution in [-0.2, 0) is 6.54 Å². The summed E-state index contributed by atoms with van der Waals surface area (Å²) >= 11 is 0. The van der Waals surface area contributed by atoms with Gasteiger partial charge in [-0.25, -0.2) is 15.0 Å². The molecule has 6 heteroatoms. The number of benzene rings is 1. The zero-order valence-electron chi connectivity index (χ0n) is 16.2. The molecule has 6 nitrogen and oxygen atoms in total. The van der Waals surface area contributed by atoms with Crippen LogP contribution >= 0.6 is 0 Å². The minimum atomic E-state index is 0.456. The highest BCUT2D eigenvalue weighted by Crippen LogP contribution is 2.28. The number of imidazole rings is 1. The summed E-state index contributed by atoms with van der Waals surface area (Å²) in [5.74, 6) is 2.30. The normalized spacial score (nSPS) is 18.1. The summed E-state index contributed by atoms with van der Waals surface area (Å²) in [7, 11) is 0. The molecular formula is C21H28N6. The Labute approximate surface area is 160 Å². The largest absolute Gasteiger partial charge is 0.354 e. The number of rotatable bonds is 6. The van der Waals surface area contributed by atoms with Gasteiger partial charge in [-0.3, -0.25) is 4.90 Å². The number of anilines is 1. The number of para-hydroxylation sites is 1. The van der Waals surface area contributed by atoms with Gasteiger partial charge < -0.3 is 10.3 Å². The third-order valence-corrected chi connectivity index (χ3v) is 5.27. The van der Waals surface area contributed by atoms with E-state index in [9.17, 15) is 0 Å². The van der Waals surface area contributed by atoms with E-state index in [4.69, 9.17) is 4.98 Å². The molecule has 1 aliphatic heterocycles. The van der Waals surface area contributed by atoms with Crippen molar-refractivity contribution in [2.75, 3.05) is 25.0 Å². The maximum atomic E-state index is 4.90. The highest BCUT2D eigenvalue weighted by atomic mass is 15.1. The van der Waals surface area contributed by atoms with Crippen molar-refractivity contribution in [3.8, 4) is 0 Å². The van der Waals surface area contributed by atoms with Crippen molar-refractivity contribution in [2.45, 2.75) is 45.6 Å². The first-order chi connectivity index (χ1) is 13.2. The van der Waals surface area contributed by atoms with Crippen LogP contribution in [0.2, 0.25) is 0 Å². The predicted molar refractivity (Wildman–Crippen MR) is 109 cm³/mol. The third-order valence-electron chi connectivity index (χ3n) is 5.27. The van der Waals surface area contributed by atoms with Gasteiger partial charge in [0.2, 0.25) is 5.95 Å². The van der Waals surface area contributed by atoms with Gasteiger partial charge in [-0.1, -0.05) is 19.1 Å². The highest BCUT2D eigenvalue weighted by molar-refractivity contribution is 5.78. The van der Waals surface area contributed by atoms with E-state index in [1.165, 1.54) is 18.4 Å². The van der Waals surface area contributed by atoms with Crippen molar-refractivity contribution in [1.29, 1.82) is 0 Å². The fourth-order valence-corrected chi connectivity index (χ4v) is 3.83. The lowest BCUT2D eigenvalue weighted by Crippen LogP contribution is -2.34. The van der Waals surface area contributed by atoms with E-state index in [0.717, 1.165) is 61.0 Å². The minimum Gasteiger partial charge on any atom is -0.354 e. The van der Waals surface area contributed by atoms with Gasteiger partial charge in [0.15, 0.2) is 0 Å². The molecule has 0 radical (unpaired) electrons. The van der Waals surface area contributed by atoms with E-state index in [2.05, 4.69) is 57.2 Å². The monoisotopic (exact) mass is 364 g/mol. The topological polar surface area (TPSA) is 69.7 Å². The number of aryl methyl sites for hydroxylation is 1. The number of nitrogens with one attached hydrogen (secondary N) is 2. The van der Waals surface area contributed by atoms with E-state index in [1.54, 1.807) is 0 Å². The second-order valence-electron chi connectivity index (χ2n) is 7.51. The van der Waals surface area contributed by atoms with Gasteiger partial charge in [0.05, 0.1) is 11.0 Å². The summed E-state index contributed by atoms with van der Waals surface area (Å²) in [6.07, 6.45) is 7.34. The van der Waals surface area contributed by atoms with Crippen molar-refractivity contribution in [1.82, 2.24) is 24.8 Å². The summed E-state index contributed by atoms with van der Waals surface area (Å²) in [6, 6.07) is 6.33. The summed E-state index contributed by atoms with van der Waals surface area (Å²) < 4.78 is 0. The van der Waals surface area contributed by atoms with Gasteiger partial charge in [0, 0.05) is 43.5 Å². The van der Waals surface area contributed by atoms with Gasteiger partial charge in [-0.15, -0.1) is 0 Å². The molecule has 1 aromatic carbocycles. The number of aromatic nitrogens is 4. The van der Waals surface area contributed by atoms with Crippen LogP contribution in [0, 0.1) is 6.92 Å². The Hall–Kier alpha value is -2.47. The third kappa shape index (κ3) is 4.11. The second kappa shape index (κ2) is 8.05. The Balaban J connectivity index is 1.42. The number of likely N-dealkylation sites (tertiary alicyclic amines) is 1. The molecule has 1 fully saturated rings. The molecule has 0 aliphatic carbocycles. The Morgan fingerprint density at radius 3 is 2.89 bits per heavy atom. The van der Waals surface area contributed by atoms with Crippen molar-refractivity contribution < 1.29 is 0 Å². The Morgan fingerprint density at radius 2 is 2.11 bits per heavy atom. The van der Waals surface area contributed by atoms with Crippen molar-refractivity contribution >= 4 is 17.0 Å². The Kier molecular flexibility index (Phi) is 5.34. The summed E-state index contributed by atoms with van der Waals surface area (Å²) in [5, 5.41) is 3.22. The average Bonchev–Trinajstić information content (AvgIpc) is 3.14. The van der Waals surface area contributed by atoms with Crippen LogP contribution in [0.5, 0.6) is 0 Å². The SMILES string of the molecule is CCCNc1ncc(CN2CCC[C@H](c3nc4c(C)cccc4[nH]3)C2)cn1. The molecule has 0 unspecified atom stereocenters. The van der Waals surface area contributed by atoms with Crippen molar-refractivity contribution in [3.63, 3.8) is 0 Å². The van der Waals surface area contributed by atoms with Crippen LogP contribution in [-0.4, -0.2) is 44.5 Å². The maximum Gasteiger partial charge on any atom is 0.222 e. The smallest absolute Gasteiger partial charge is 0.222 e. The molecule has 4 rings (SSSR count). The van der Waals surface area contributed by atoms with Gasteiger partial charge in [-0.2, -0.15) is 0 Å². The molecule has 2 N–H and O–H groups in total. The molecule has 142 valence electrons. The molecule has 1 saturated heterocycles. The summed E-state index contributed by atoms with van der Waals surface area (Å²) in [6.45, 7) is 8.20. The number of H-pyrrole nitrogens is 1. The maximum absolute atomic E-state index is 4.90. The Bertz CT molecular complexity index is 885. The Morgan fingerprint density at radius 1 is 1.26 bits per heavy atom. The number of fused-ring (bicyclic) bond motifs is 1. The van der Waals surface area contributed by atoms with E-state index >= 15 is 0 Å². The highest BCUT2D eigenvalue weighted by Gasteiger charge is 2.24. The average molecular weight is 364 g/mol. The quantitative estimate of drug-likeness (QED) is 0.695. The second-order valence-corrected chi connectivity index (χ2v) is 7.51. The van der Waals surface area contributed by atoms with Crippen molar-refractivity contribution in [2.24, 2.45) is 0 Å². The molecule has 3 aromatic rings. The van der Waals surface area contributed by atoms with E-state index in [0.29, 0.717) is 5.92 Å². The number of hydrogen-bond donors (Lipinski definition) is 2. The fourth-order valence-electron chi connectivity index (χ4n) is 3.83. The van der Waals surface area contributed by atoms with Crippen LogP contribution in [0.15, 0.2) is 30.6 Å². The fraction of sp³-hybridized carbons (Fsp3) is 0.476. The zero-order chi connectivity index (χ0) is 18.6. The van der Waals surface area contributed by atoms with Crippen molar-refractivity contribution in [3.05, 3.63) is 47.5 Å². The van der Waals surface area contributed by atoms with Crippen LogP contribution in [0.3, 0.4) is 0 Å². The molecule has 1 atom stereocenters. The first-order valence-electron chi connectivity index (χ1n) is 9.95. The lowest BCUT2D eigenvalue weighted by atomic mass is 9.97. The molecule has 0 bridgehead atoms. The molecular weight excluding hydrogens is 336 g/mol. The van der Waals surface area contributed by atoms with Crippen LogP contribution in [0.25, 0.3) is 11.0 Å². The first kappa shape index (κ1) is 17.9. The van der Waals surface area contributed by atoms with E-state index in [1.807, 2.05) is 12.4 Å². The van der Waals surface area contributed by atoms with E-state index < -0.39 is 0 Å². The number of aromatic amines is 1. The lowest BCUT2D eigenvalue weighted by Gasteiger charge is -2.31. The molecule has 27 heavy (non-hydrogen) atoms. The summed E-state index contributed by atoms with van der Waals surface area (Å²) in [5.41, 5.74) is 4.65. The van der Waals surface area contributed by atoms with Crippen LogP contribution in [0.4, 0.5) is 5.95 Å². The standard InChI is InChI=1S/C21H28N6/c1-3-9-22-21-23-11-16(12-24-21)13-27-10-5-7-17(14-27)20-25-18-8-4-6-15(2)19(18)26-20/h4,6,8,11-12,17H,3,5,7,9-10,13-14H2,1-2H3,(H,25,26)(H,22,23,24)/t17-/m0/s1. The molecule has 3 heterocycles. The van der Waals surface area contributed by atoms with E-state index in [-0.39, 0.29) is 0 Å². The van der Waals surface area contributed by atoms with Gasteiger partial charge >= 0.3 is 0 Å².